The van der Waals surface area contributed by atoms with Gasteiger partial charge in [-0.1, -0.05) is 17.7 Å². The van der Waals surface area contributed by atoms with Gasteiger partial charge in [0.25, 0.3) is 11.6 Å². The number of nitro benzene ring substituents is 1. The van der Waals surface area contributed by atoms with E-state index in [2.05, 4.69) is 0 Å². The molecule has 34 heavy (non-hydrogen) atoms. The van der Waals surface area contributed by atoms with Crippen LogP contribution in [-0.2, 0) is 16.6 Å². The van der Waals surface area contributed by atoms with Crippen LogP contribution < -0.4 is 4.74 Å². The van der Waals surface area contributed by atoms with Gasteiger partial charge in [-0.25, -0.2) is 8.42 Å². The highest BCUT2D eigenvalue weighted by Crippen LogP contribution is 2.23. The predicted molar refractivity (Wildman–Crippen MR) is 128 cm³/mol. The van der Waals surface area contributed by atoms with Crippen molar-refractivity contribution in [2.24, 2.45) is 0 Å². The molecule has 0 radical (unpaired) electrons. The first kappa shape index (κ1) is 23.9. The van der Waals surface area contributed by atoms with Crippen LogP contribution in [0.15, 0.2) is 64.9 Å². The van der Waals surface area contributed by atoms with Gasteiger partial charge in [0.05, 0.1) is 14.7 Å². The molecule has 1 aromatic heterocycles. The van der Waals surface area contributed by atoms with Crippen LogP contribution in [0.1, 0.15) is 20.8 Å². The average Bonchev–Trinajstić information content (AvgIpc) is 3.32. The largest absolute Gasteiger partial charge is 0.489 e. The number of thiophene rings is 1. The molecule has 1 aliphatic heterocycles. The number of aryl methyl sites for hydroxylation is 1. The molecular formula is C23H23N3O6S2. The van der Waals surface area contributed by atoms with Crippen LogP contribution in [0.25, 0.3) is 0 Å². The number of ether oxygens (including phenoxy) is 1. The predicted octanol–water partition coefficient (Wildman–Crippen LogP) is 3.69. The molecule has 3 aromatic rings. The number of rotatable bonds is 7. The number of non-ortho nitro benzene ring substituents is 1. The Morgan fingerprint density at radius 1 is 1.06 bits per heavy atom. The van der Waals surface area contributed by atoms with E-state index in [1.165, 1.54) is 39.9 Å². The fourth-order valence-electron chi connectivity index (χ4n) is 3.54. The highest BCUT2D eigenvalue weighted by molar-refractivity contribution is 7.89. The zero-order valence-corrected chi connectivity index (χ0v) is 20.0. The summed E-state index contributed by atoms with van der Waals surface area (Å²) in [7, 11) is -3.59. The molecule has 2 heterocycles. The summed E-state index contributed by atoms with van der Waals surface area (Å²) in [5.41, 5.74) is 1.79. The topological polar surface area (TPSA) is 110 Å². The van der Waals surface area contributed by atoms with Crippen molar-refractivity contribution in [3.63, 3.8) is 0 Å². The van der Waals surface area contributed by atoms with E-state index in [1.54, 1.807) is 35.2 Å². The number of benzene rings is 2. The molecule has 1 amide bonds. The van der Waals surface area contributed by atoms with Crippen molar-refractivity contribution in [1.29, 1.82) is 0 Å². The van der Waals surface area contributed by atoms with E-state index in [0.29, 0.717) is 23.7 Å². The summed E-state index contributed by atoms with van der Waals surface area (Å²) < 4.78 is 32.8. The Bertz CT molecular complexity index is 1280. The summed E-state index contributed by atoms with van der Waals surface area (Å²) in [5.74, 6) is 0.356. The number of carbonyl (C=O) groups is 1. The van der Waals surface area contributed by atoms with E-state index in [1.807, 2.05) is 12.3 Å². The zero-order chi connectivity index (χ0) is 24.3. The highest BCUT2D eigenvalue weighted by Gasteiger charge is 2.30. The number of amides is 1. The Hall–Kier alpha value is -3.28. The first-order valence-corrected chi connectivity index (χ1v) is 12.9. The maximum Gasteiger partial charge on any atom is 0.269 e. The Kier molecular flexibility index (Phi) is 6.96. The number of nitro groups is 1. The highest BCUT2D eigenvalue weighted by atomic mass is 32.2. The molecule has 0 N–H and O–H groups in total. The molecule has 0 saturated carbocycles. The van der Waals surface area contributed by atoms with Crippen LogP contribution in [0.5, 0.6) is 5.75 Å². The Morgan fingerprint density at radius 2 is 1.71 bits per heavy atom. The minimum Gasteiger partial charge on any atom is -0.489 e. The molecule has 2 aromatic carbocycles. The quantitative estimate of drug-likeness (QED) is 0.361. The van der Waals surface area contributed by atoms with E-state index in [9.17, 15) is 23.3 Å². The van der Waals surface area contributed by atoms with E-state index in [0.717, 1.165) is 11.1 Å². The molecule has 1 saturated heterocycles. The molecule has 0 bridgehead atoms. The van der Waals surface area contributed by atoms with Crippen molar-refractivity contribution in [2.75, 3.05) is 26.2 Å². The zero-order valence-electron chi connectivity index (χ0n) is 18.4. The van der Waals surface area contributed by atoms with Crippen LogP contribution in [0.4, 0.5) is 5.69 Å². The van der Waals surface area contributed by atoms with Crippen molar-refractivity contribution >= 4 is 33.0 Å². The third-order valence-corrected chi connectivity index (χ3v) is 8.38. The second-order valence-corrected chi connectivity index (χ2v) is 10.7. The van der Waals surface area contributed by atoms with Gasteiger partial charge in [-0.15, -0.1) is 11.3 Å². The molecule has 178 valence electrons. The van der Waals surface area contributed by atoms with Crippen LogP contribution in [0, 0.1) is 17.0 Å². The van der Waals surface area contributed by atoms with E-state index >= 15 is 0 Å². The third kappa shape index (κ3) is 5.27. The molecular weight excluding hydrogens is 478 g/mol. The lowest BCUT2D eigenvalue weighted by molar-refractivity contribution is -0.384. The van der Waals surface area contributed by atoms with Crippen molar-refractivity contribution in [1.82, 2.24) is 9.21 Å². The summed E-state index contributed by atoms with van der Waals surface area (Å²) in [6.07, 6.45) is 0. The Labute approximate surface area is 201 Å². The lowest BCUT2D eigenvalue weighted by Crippen LogP contribution is -2.50. The van der Waals surface area contributed by atoms with Crippen LogP contribution in [0.2, 0.25) is 0 Å². The van der Waals surface area contributed by atoms with Gasteiger partial charge in [0.15, 0.2) is 0 Å². The SMILES string of the molecule is Cc1ccc(S(=O)(=O)N2CCN(C(=O)c3cc(COc4ccc([N+](=O)[O-])cc4)cs3)CC2)cc1. The van der Waals surface area contributed by atoms with E-state index < -0.39 is 14.9 Å². The molecule has 4 rings (SSSR count). The van der Waals surface area contributed by atoms with Crippen molar-refractivity contribution in [3.8, 4) is 5.75 Å². The lowest BCUT2D eigenvalue weighted by Gasteiger charge is -2.33. The van der Waals surface area contributed by atoms with Crippen molar-refractivity contribution in [2.45, 2.75) is 18.4 Å². The minimum absolute atomic E-state index is 0.0115. The van der Waals surface area contributed by atoms with Gasteiger partial charge in [0.2, 0.25) is 10.0 Å². The first-order chi connectivity index (χ1) is 16.2. The van der Waals surface area contributed by atoms with Gasteiger partial charge in [-0.3, -0.25) is 14.9 Å². The molecule has 0 atom stereocenters. The van der Waals surface area contributed by atoms with Crippen LogP contribution >= 0.6 is 11.3 Å². The monoisotopic (exact) mass is 501 g/mol. The smallest absolute Gasteiger partial charge is 0.269 e. The van der Waals surface area contributed by atoms with Gasteiger partial charge in [-0.2, -0.15) is 4.31 Å². The maximum atomic E-state index is 12.9. The normalized spacial score (nSPS) is 14.7. The third-order valence-electron chi connectivity index (χ3n) is 5.50. The number of carbonyl (C=O) groups excluding carboxylic acids is 1. The second-order valence-electron chi connectivity index (χ2n) is 7.87. The van der Waals surface area contributed by atoms with E-state index in [-0.39, 0.29) is 36.2 Å². The summed E-state index contributed by atoms with van der Waals surface area (Å²) in [5, 5.41) is 12.6. The maximum absolute atomic E-state index is 12.9. The van der Waals surface area contributed by atoms with Gasteiger partial charge in [-0.05, 0) is 42.6 Å². The molecule has 11 heteroatoms. The fraction of sp³-hybridized carbons (Fsp3) is 0.261. The molecule has 0 unspecified atom stereocenters. The number of nitrogens with zero attached hydrogens (tertiary/aromatic N) is 3. The number of hydrogen-bond acceptors (Lipinski definition) is 7. The van der Waals surface area contributed by atoms with Crippen LogP contribution in [-0.4, -0.2) is 54.6 Å². The molecule has 1 fully saturated rings. The van der Waals surface area contributed by atoms with Gasteiger partial charge < -0.3 is 9.64 Å². The Balaban J connectivity index is 1.32. The average molecular weight is 502 g/mol. The lowest BCUT2D eigenvalue weighted by atomic mass is 10.2. The summed E-state index contributed by atoms with van der Waals surface area (Å²) in [4.78, 5) is 25.6. The van der Waals surface area contributed by atoms with Crippen molar-refractivity contribution < 1.29 is 22.9 Å². The van der Waals surface area contributed by atoms with Gasteiger partial charge in [0.1, 0.15) is 12.4 Å². The summed E-state index contributed by atoms with van der Waals surface area (Å²) >= 11 is 1.30. The number of piperazine rings is 1. The number of hydrogen-bond donors (Lipinski definition) is 0. The van der Waals surface area contributed by atoms with Gasteiger partial charge >= 0.3 is 0 Å². The minimum atomic E-state index is -3.59. The van der Waals surface area contributed by atoms with Gasteiger partial charge in [0, 0.05) is 43.9 Å². The number of sulfonamides is 1. The Morgan fingerprint density at radius 3 is 2.32 bits per heavy atom. The standard InChI is InChI=1S/C23H23N3O6S2/c1-17-2-8-21(9-3-17)34(30,31)25-12-10-24(11-13-25)23(27)22-14-18(16-33-22)15-32-20-6-4-19(5-7-20)26(28)29/h2-9,14,16H,10-13,15H2,1H3. The molecule has 1 aliphatic rings. The molecule has 0 aliphatic carbocycles. The summed E-state index contributed by atoms with van der Waals surface area (Å²) in [6, 6.07) is 14.3. The van der Waals surface area contributed by atoms with E-state index in [4.69, 9.17) is 4.74 Å². The molecule has 0 spiro atoms. The second kappa shape index (κ2) is 9.92. The van der Waals surface area contributed by atoms with Crippen LogP contribution in [0.3, 0.4) is 0 Å². The van der Waals surface area contributed by atoms with Crippen molar-refractivity contribution in [3.05, 3.63) is 86.1 Å². The summed E-state index contributed by atoms with van der Waals surface area (Å²) in [6.45, 7) is 3.24. The first-order valence-electron chi connectivity index (χ1n) is 10.5. The molecule has 9 nitrogen and oxygen atoms in total. The fourth-order valence-corrected chi connectivity index (χ4v) is 5.83.